The lowest BCUT2D eigenvalue weighted by atomic mass is 10.0. The fraction of sp³-hybridized carbons (Fsp3) is 0.615. The molecule has 0 fully saturated rings. The largest absolute Gasteiger partial charge is 0.396 e. The van der Waals surface area contributed by atoms with Crippen molar-refractivity contribution in [2.24, 2.45) is 5.92 Å². The summed E-state index contributed by atoms with van der Waals surface area (Å²) < 4.78 is 0.617. The smallest absolute Gasteiger partial charge is 0.291 e. The first kappa shape index (κ1) is 16.8. The van der Waals surface area contributed by atoms with Gasteiger partial charge in [0.1, 0.15) is 12.0 Å². The summed E-state index contributed by atoms with van der Waals surface area (Å²) in [6.07, 6.45) is 4.09. The molecule has 20 heavy (non-hydrogen) atoms. The van der Waals surface area contributed by atoms with E-state index in [2.05, 4.69) is 33.2 Å². The van der Waals surface area contributed by atoms with Crippen molar-refractivity contribution in [3.05, 3.63) is 26.3 Å². The predicted molar refractivity (Wildman–Crippen MR) is 81.9 cm³/mol. The first-order chi connectivity index (χ1) is 9.51. The molecule has 0 aliphatic rings. The number of hydrogen-bond acceptors (Lipinski definition) is 5. The molecule has 0 saturated carbocycles. The van der Waals surface area contributed by atoms with Gasteiger partial charge >= 0.3 is 0 Å². The Kier molecular flexibility index (Phi) is 6.87. The van der Waals surface area contributed by atoms with E-state index in [-0.39, 0.29) is 12.3 Å². The van der Waals surface area contributed by atoms with Crippen LogP contribution in [0.2, 0.25) is 0 Å². The molecule has 1 rings (SSSR count). The predicted octanol–water partition coefficient (Wildman–Crippen LogP) is 3.27. The summed E-state index contributed by atoms with van der Waals surface area (Å²) in [6, 6.07) is 0. The second-order valence-electron chi connectivity index (χ2n) is 4.74. The van der Waals surface area contributed by atoms with E-state index in [0.717, 1.165) is 19.3 Å². The normalized spacial score (nSPS) is 12.2. The van der Waals surface area contributed by atoms with Crippen LogP contribution in [0.5, 0.6) is 0 Å². The number of halogens is 1. The molecular formula is C13H20BrN3O3. The van der Waals surface area contributed by atoms with Crippen molar-refractivity contribution >= 4 is 27.4 Å². The van der Waals surface area contributed by atoms with Crippen LogP contribution in [-0.4, -0.2) is 28.2 Å². The third-order valence-electron chi connectivity index (χ3n) is 3.23. The summed E-state index contributed by atoms with van der Waals surface area (Å²) in [5.41, 5.74) is 0.560. The molecule has 0 aromatic carbocycles. The van der Waals surface area contributed by atoms with E-state index in [1.54, 1.807) is 6.92 Å². The van der Waals surface area contributed by atoms with E-state index in [1.165, 1.54) is 6.20 Å². The number of aromatic nitrogens is 1. The van der Waals surface area contributed by atoms with Crippen LogP contribution in [0.15, 0.2) is 10.7 Å². The van der Waals surface area contributed by atoms with Crippen molar-refractivity contribution in [3.8, 4) is 0 Å². The van der Waals surface area contributed by atoms with Gasteiger partial charge in [0.2, 0.25) is 0 Å². The summed E-state index contributed by atoms with van der Waals surface area (Å²) in [5.74, 6) is 0.973. The van der Waals surface area contributed by atoms with Gasteiger partial charge in [-0.2, -0.15) is 0 Å². The van der Waals surface area contributed by atoms with Crippen LogP contribution >= 0.6 is 15.9 Å². The molecule has 0 bridgehead atoms. The molecule has 1 unspecified atom stereocenters. The summed E-state index contributed by atoms with van der Waals surface area (Å²) in [6.45, 7) is 4.65. The standard InChI is InChI=1S/C13H20BrN3O3/c1-3-4-10(5-6-18)7-15-13-12(14)9(2)11(8-16-13)17(19)20/h8,10,18H,3-7H2,1-2H3,(H,15,16). The van der Waals surface area contributed by atoms with E-state index < -0.39 is 4.92 Å². The number of aliphatic hydroxyl groups excluding tert-OH is 1. The Labute approximate surface area is 126 Å². The lowest BCUT2D eigenvalue weighted by Gasteiger charge is -2.17. The van der Waals surface area contributed by atoms with Crippen LogP contribution in [0, 0.1) is 23.0 Å². The highest BCUT2D eigenvalue weighted by molar-refractivity contribution is 9.10. The van der Waals surface area contributed by atoms with Gasteiger partial charge in [-0.05, 0) is 41.6 Å². The Bertz CT molecular complexity index is 462. The molecule has 0 aliphatic heterocycles. The lowest BCUT2D eigenvalue weighted by molar-refractivity contribution is -0.385. The van der Waals surface area contributed by atoms with Crippen molar-refractivity contribution in [1.82, 2.24) is 4.98 Å². The zero-order valence-electron chi connectivity index (χ0n) is 11.7. The van der Waals surface area contributed by atoms with Crippen molar-refractivity contribution < 1.29 is 10.0 Å². The number of anilines is 1. The third kappa shape index (κ3) is 4.42. The molecule has 0 aliphatic carbocycles. The maximum absolute atomic E-state index is 10.8. The molecular weight excluding hydrogens is 326 g/mol. The zero-order chi connectivity index (χ0) is 15.1. The van der Waals surface area contributed by atoms with Crippen molar-refractivity contribution in [2.75, 3.05) is 18.5 Å². The minimum absolute atomic E-state index is 0.00268. The van der Waals surface area contributed by atoms with E-state index in [0.29, 0.717) is 28.3 Å². The summed E-state index contributed by atoms with van der Waals surface area (Å²) >= 11 is 3.35. The average molecular weight is 346 g/mol. The van der Waals surface area contributed by atoms with Gasteiger partial charge in [-0.3, -0.25) is 10.1 Å². The van der Waals surface area contributed by atoms with Crippen LogP contribution in [0.1, 0.15) is 31.7 Å². The molecule has 0 amide bonds. The van der Waals surface area contributed by atoms with E-state index in [4.69, 9.17) is 5.11 Å². The number of nitrogens with zero attached hydrogens (tertiary/aromatic N) is 2. The highest BCUT2D eigenvalue weighted by Crippen LogP contribution is 2.30. The molecule has 1 heterocycles. The number of pyridine rings is 1. The first-order valence-corrected chi connectivity index (χ1v) is 7.44. The van der Waals surface area contributed by atoms with Gasteiger partial charge in [-0.15, -0.1) is 0 Å². The molecule has 0 spiro atoms. The SMILES string of the molecule is CCCC(CCO)CNc1ncc([N+](=O)[O-])c(C)c1Br. The molecule has 7 heteroatoms. The number of nitro groups is 1. The fourth-order valence-corrected chi connectivity index (χ4v) is 2.50. The third-order valence-corrected chi connectivity index (χ3v) is 4.20. The first-order valence-electron chi connectivity index (χ1n) is 6.65. The number of hydrogen-bond donors (Lipinski definition) is 2. The van der Waals surface area contributed by atoms with Crippen LogP contribution in [0.4, 0.5) is 11.5 Å². The summed E-state index contributed by atoms with van der Waals surface area (Å²) in [7, 11) is 0. The van der Waals surface area contributed by atoms with Crippen LogP contribution in [-0.2, 0) is 0 Å². The summed E-state index contributed by atoms with van der Waals surface area (Å²) in [4.78, 5) is 14.5. The Balaban J connectivity index is 2.78. The maximum Gasteiger partial charge on any atom is 0.291 e. The Hall–Kier alpha value is -1.21. The second-order valence-corrected chi connectivity index (χ2v) is 5.53. The monoisotopic (exact) mass is 345 g/mol. The second kappa shape index (κ2) is 8.16. The average Bonchev–Trinajstić information content (AvgIpc) is 2.40. The van der Waals surface area contributed by atoms with Crippen molar-refractivity contribution in [1.29, 1.82) is 0 Å². The minimum Gasteiger partial charge on any atom is -0.396 e. The molecule has 0 saturated heterocycles. The Morgan fingerprint density at radius 3 is 2.80 bits per heavy atom. The van der Waals surface area contributed by atoms with Gasteiger partial charge in [0.25, 0.3) is 5.69 Å². The van der Waals surface area contributed by atoms with Crippen molar-refractivity contribution in [2.45, 2.75) is 33.1 Å². The van der Waals surface area contributed by atoms with Crippen LogP contribution in [0.3, 0.4) is 0 Å². The fourth-order valence-electron chi connectivity index (χ4n) is 2.06. The van der Waals surface area contributed by atoms with E-state index in [1.807, 2.05) is 0 Å². The van der Waals surface area contributed by atoms with Gasteiger partial charge < -0.3 is 10.4 Å². The van der Waals surface area contributed by atoms with Crippen molar-refractivity contribution in [3.63, 3.8) is 0 Å². The number of rotatable bonds is 8. The highest BCUT2D eigenvalue weighted by Gasteiger charge is 2.17. The minimum atomic E-state index is -0.442. The topological polar surface area (TPSA) is 88.3 Å². The molecule has 0 radical (unpaired) electrons. The van der Waals surface area contributed by atoms with Gasteiger partial charge in [-0.1, -0.05) is 13.3 Å². The quantitative estimate of drug-likeness (QED) is 0.557. The van der Waals surface area contributed by atoms with Gasteiger partial charge in [0.05, 0.1) is 9.40 Å². The summed E-state index contributed by atoms with van der Waals surface area (Å²) in [5, 5.41) is 23.0. The molecule has 1 aromatic rings. The molecule has 1 aromatic heterocycles. The van der Waals surface area contributed by atoms with Gasteiger partial charge in [0, 0.05) is 18.7 Å². The molecule has 6 nitrogen and oxygen atoms in total. The van der Waals surface area contributed by atoms with E-state index >= 15 is 0 Å². The molecule has 2 N–H and O–H groups in total. The van der Waals surface area contributed by atoms with Gasteiger partial charge in [0.15, 0.2) is 0 Å². The number of nitrogens with one attached hydrogen (secondary N) is 1. The highest BCUT2D eigenvalue weighted by atomic mass is 79.9. The lowest BCUT2D eigenvalue weighted by Crippen LogP contribution is -2.17. The van der Waals surface area contributed by atoms with Gasteiger partial charge in [-0.25, -0.2) is 4.98 Å². The Morgan fingerprint density at radius 2 is 2.25 bits per heavy atom. The molecule has 1 atom stereocenters. The van der Waals surface area contributed by atoms with Crippen LogP contribution in [0.25, 0.3) is 0 Å². The molecule has 112 valence electrons. The van der Waals surface area contributed by atoms with Crippen LogP contribution < -0.4 is 5.32 Å². The Morgan fingerprint density at radius 1 is 1.55 bits per heavy atom. The number of aliphatic hydroxyl groups is 1. The zero-order valence-corrected chi connectivity index (χ0v) is 13.3. The maximum atomic E-state index is 10.8. The van der Waals surface area contributed by atoms with E-state index in [9.17, 15) is 10.1 Å².